The molecule has 0 spiro atoms. The maximum atomic E-state index is 13.1. The third-order valence-corrected chi connectivity index (χ3v) is 4.73. The summed E-state index contributed by atoms with van der Waals surface area (Å²) in [5.41, 5.74) is 5.81. The molecule has 0 aliphatic carbocycles. The lowest BCUT2D eigenvalue weighted by molar-refractivity contribution is -0.0566. The van der Waals surface area contributed by atoms with E-state index in [9.17, 15) is 13.2 Å². The van der Waals surface area contributed by atoms with Crippen LogP contribution in [0, 0.1) is 0 Å². The van der Waals surface area contributed by atoms with Gasteiger partial charge >= 0.3 is 6.18 Å². The zero-order valence-electron chi connectivity index (χ0n) is 12.2. The van der Waals surface area contributed by atoms with Crippen LogP contribution in [0.1, 0.15) is 18.5 Å². The minimum atomic E-state index is -4.67. The Balaban J connectivity index is 2.02. The van der Waals surface area contributed by atoms with E-state index in [2.05, 4.69) is 35.9 Å². The summed E-state index contributed by atoms with van der Waals surface area (Å²) in [5, 5.41) is 0.864. The van der Waals surface area contributed by atoms with Gasteiger partial charge in [0.25, 0.3) is 0 Å². The van der Waals surface area contributed by atoms with Gasteiger partial charge in [-0.2, -0.15) is 13.2 Å². The SMILES string of the molecule is CC(C1=NC(N)C(=S)C(C(F)(F)F)=N1)c1cc2c(Br)c[nH]c2cn1. The molecule has 1 aliphatic rings. The van der Waals surface area contributed by atoms with Gasteiger partial charge in [0.15, 0.2) is 5.71 Å². The van der Waals surface area contributed by atoms with Crippen molar-refractivity contribution in [3.63, 3.8) is 0 Å². The molecule has 3 rings (SSSR count). The second kappa shape index (κ2) is 6.01. The first-order chi connectivity index (χ1) is 11.2. The lowest BCUT2D eigenvalue weighted by Gasteiger charge is -2.22. The second-order valence-electron chi connectivity index (χ2n) is 5.27. The Morgan fingerprint density at radius 2 is 2.12 bits per heavy atom. The Kier molecular flexibility index (Phi) is 4.30. The van der Waals surface area contributed by atoms with Gasteiger partial charge in [-0.15, -0.1) is 0 Å². The number of alkyl halides is 3. The van der Waals surface area contributed by atoms with Crippen molar-refractivity contribution in [3.05, 3.63) is 28.6 Å². The molecule has 1 aliphatic heterocycles. The number of amidine groups is 1. The Hall–Kier alpha value is -1.65. The number of halogens is 4. The highest BCUT2D eigenvalue weighted by Gasteiger charge is 2.42. The minimum absolute atomic E-state index is 0.0399. The lowest BCUT2D eigenvalue weighted by Crippen LogP contribution is -2.44. The number of hydrogen-bond donors (Lipinski definition) is 2. The van der Waals surface area contributed by atoms with Gasteiger partial charge in [-0.1, -0.05) is 12.2 Å². The molecule has 24 heavy (non-hydrogen) atoms. The molecule has 10 heteroatoms. The maximum absolute atomic E-state index is 13.1. The molecule has 0 aromatic carbocycles. The van der Waals surface area contributed by atoms with E-state index in [0.717, 1.165) is 15.4 Å². The molecule has 126 valence electrons. The Labute approximate surface area is 148 Å². The Bertz CT molecular complexity index is 886. The number of nitrogens with one attached hydrogen (secondary N) is 1. The van der Waals surface area contributed by atoms with Crippen molar-refractivity contribution < 1.29 is 13.2 Å². The number of aromatic amines is 1. The van der Waals surface area contributed by atoms with Gasteiger partial charge in [0.05, 0.1) is 28.2 Å². The third kappa shape index (κ3) is 3.01. The summed E-state index contributed by atoms with van der Waals surface area (Å²) >= 11 is 8.11. The summed E-state index contributed by atoms with van der Waals surface area (Å²) in [6.45, 7) is 1.67. The van der Waals surface area contributed by atoms with Crippen LogP contribution in [0.4, 0.5) is 13.2 Å². The maximum Gasteiger partial charge on any atom is 0.434 e. The van der Waals surface area contributed by atoms with Gasteiger partial charge in [0, 0.05) is 16.1 Å². The minimum Gasteiger partial charge on any atom is -0.359 e. The molecule has 2 atom stereocenters. The van der Waals surface area contributed by atoms with Crippen molar-refractivity contribution in [2.45, 2.75) is 25.2 Å². The third-order valence-electron chi connectivity index (χ3n) is 3.64. The van der Waals surface area contributed by atoms with Crippen molar-refractivity contribution in [1.29, 1.82) is 0 Å². The molecule has 0 fully saturated rings. The topological polar surface area (TPSA) is 79.4 Å². The molecule has 0 saturated heterocycles. The number of nitrogens with zero attached hydrogens (tertiary/aromatic N) is 3. The highest BCUT2D eigenvalue weighted by Crippen LogP contribution is 2.29. The molecular weight excluding hydrogens is 407 g/mol. The van der Waals surface area contributed by atoms with Crippen molar-refractivity contribution in [1.82, 2.24) is 9.97 Å². The average molecular weight is 418 g/mol. The number of rotatable bonds is 2. The van der Waals surface area contributed by atoms with E-state index in [1.165, 1.54) is 0 Å². The highest BCUT2D eigenvalue weighted by atomic mass is 79.9. The zero-order chi connectivity index (χ0) is 17.6. The summed E-state index contributed by atoms with van der Waals surface area (Å²) in [5.74, 6) is -0.607. The highest BCUT2D eigenvalue weighted by molar-refractivity contribution is 9.10. The number of fused-ring (bicyclic) bond motifs is 1. The van der Waals surface area contributed by atoms with Crippen molar-refractivity contribution in [3.8, 4) is 0 Å². The first-order valence-corrected chi connectivity index (χ1v) is 8.04. The fourth-order valence-corrected chi connectivity index (χ4v) is 2.98. The molecule has 3 heterocycles. The smallest absolute Gasteiger partial charge is 0.359 e. The van der Waals surface area contributed by atoms with E-state index in [-0.39, 0.29) is 5.84 Å². The monoisotopic (exact) mass is 417 g/mol. The normalized spacial score (nSPS) is 20.1. The van der Waals surface area contributed by atoms with E-state index in [4.69, 9.17) is 18.0 Å². The predicted octanol–water partition coefficient (Wildman–Crippen LogP) is 3.50. The van der Waals surface area contributed by atoms with Crippen LogP contribution in [0.3, 0.4) is 0 Å². The van der Waals surface area contributed by atoms with E-state index in [1.807, 2.05) is 0 Å². The fraction of sp³-hybridized carbons (Fsp3) is 0.286. The van der Waals surface area contributed by atoms with Crippen LogP contribution >= 0.6 is 28.1 Å². The first-order valence-electron chi connectivity index (χ1n) is 6.84. The van der Waals surface area contributed by atoms with E-state index < -0.39 is 28.8 Å². The van der Waals surface area contributed by atoms with Crippen LogP contribution in [-0.4, -0.2) is 38.7 Å². The van der Waals surface area contributed by atoms with Gasteiger partial charge in [-0.25, -0.2) is 9.98 Å². The number of aromatic nitrogens is 2. The summed E-state index contributed by atoms with van der Waals surface area (Å²) in [7, 11) is 0. The van der Waals surface area contributed by atoms with Crippen molar-refractivity contribution in [2.24, 2.45) is 15.7 Å². The molecule has 3 N–H and O–H groups in total. The number of aliphatic imine (C=N–C) groups is 2. The van der Waals surface area contributed by atoms with Gasteiger partial charge < -0.3 is 10.7 Å². The number of pyridine rings is 1. The van der Waals surface area contributed by atoms with Gasteiger partial charge in [0.2, 0.25) is 0 Å². The molecule has 2 aromatic rings. The number of H-pyrrole nitrogens is 1. The second-order valence-corrected chi connectivity index (χ2v) is 6.56. The molecule has 0 amide bonds. The van der Waals surface area contributed by atoms with Crippen LogP contribution in [0.25, 0.3) is 10.9 Å². The summed E-state index contributed by atoms with van der Waals surface area (Å²) in [6, 6.07) is 1.77. The van der Waals surface area contributed by atoms with Crippen LogP contribution in [0.15, 0.2) is 32.9 Å². The quantitative estimate of drug-likeness (QED) is 0.733. The standard InChI is InChI=1S/C14H11BrF3N5S/c1-5(8-2-6-7(15)3-20-9(6)4-21-8)13-22-11(14(16,17)18)10(24)12(19)23-13/h2-5,12,20H,19H2,1H3. The van der Waals surface area contributed by atoms with Crippen molar-refractivity contribution >= 4 is 55.5 Å². The molecular formula is C14H11BrF3N5S. The van der Waals surface area contributed by atoms with E-state index in [0.29, 0.717) is 5.69 Å². The van der Waals surface area contributed by atoms with Gasteiger partial charge in [0.1, 0.15) is 12.0 Å². The molecule has 2 aromatic heterocycles. The summed E-state index contributed by atoms with van der Waals surface area (Å²) in [6.07, 6.45) is -2.55. The molecule has 2 unspecified atom stereocenters. The zero-order valence-corrected chi connectivity index (χ0v) is 14.6. The summed E-state index contributed by atoms with van der Waals surface area (Å²) in [4.78, 5) is 14.4. The average Bonchev–Trinajstić information content (AvgIpc) is 2.89. The van der Waals surface area contributed by atoms with Crippen LogP contribution in [0.5, 0.6) is 0 Å². The molecule has 0 bridgehead atoms. The largest absolute Gasteiger partial charge is 0.434 e. The Morgan fingerprint density at radius 1 is 1.42 bits per heavy atom. The van der Waals surface area contributed by atoms with Gasteiger partial charge in [-0.3, -0.25) is 4.98 Å². The fourth-order valence-electron chi connectivity index (χ4n) is 2.32. The van der Waals surface area contributed by atoms with E-state index in [1.54, 1.807) is 25.4 Å². The predicted molar refractivity (Wildman–Crippen MR) is 93.7 cm³/mol. The van der Waals surface area contributed by atoms with E-state index >= 15 is 0 Å². The van der Waals surface area contributed by atoms with Crippen molar-refractivity contribution in [2.75, 3.05) is 0 Å². The van der Waals surface area contributed by atoms with Gasteiger partial charge in [-0.05, 0) is 28.9 Å². The first kappa shape index (κ1) is 17.2. The Morgan fingerprint density at radius 3 is 2.79 bits per heavy atom. The number of hydrogen-bond acceptors (Lipinski definition) is 5. The summed E-state index contributed by atoms with van der Waals surface area (Å²) < 4.78 is 40.0. The van der Waals surface area contributed by atoms with Crippen LogP contribution < -0.4 is 5.73 Å². The lowest BCUT2D eigenvalue weighted by atomic mass is 10.0. The molecule has 0 radical (unpaired) electrons. The molecule has 0 saturated carbocycles. The number of nitrogens with two attached hydrogens (primary N) is 1. The number of thiocarbonyl (C=S) groups is 1. The van der Waals surface area contributed by atoms with Crippen LogP contribution in [-0.2, 0) is 0 Å². The van der Waals surface area contributed by atoms with Crippen LogP contribution in [0.2, 0.25) is 0 Å². The molecule has 5 nitrogen and oxygen atoms in total.